The van der Waals surface area contributed by atoms with Crippen molar-refractivity contribution in [3.63, 3.8) is 0 Å². The topological polar surface area (TPSA) is 48.1 Å². The molecule has 0 aliphatic carbocycles. The van der Waals surface area contributed by atoms with Crippen molar-refractivity contribution in [2.24, 2.45) is 5.73 Å². The van der Waals surface area contributed by atoms with Crippen molar-refractivity contribution in [1.29, 1.82) is 0 Å². The monoisotopic (exact) mass is 368 g/mol. The van der Waals surface area contributed by atoms with Crippen LogP contribution in [0.1, 0.15) is 17.7 Å². The Kier molecular flexibility index (Phi) is 4.47. The van der Waals surface area contributed by atoms with Crippen molar-refractivity contribution in [3.8, 4) is 5.75 Å². The molecule has 1 aromatic heterocycles. The molecule has 0 fully saturated rings. The molecule has 0 aliphatic heterocycles. The van der Waals surface area contributed by atoms with Gasteiger partial charge >= 0.3 is 6.36 Å². The van der Waals surface area contributed by atoms with Gasteiger partial charge in [0.1, 0.15) is 9.45 Å². The molecule has 0 saturated carbocycles. The molecule has 0 spiro atoms. The van der Waals surface area contributed by atoms with E-state index in [4.69, 9.17) is 5.73 Å². The van der Waals surface area contributed by atoms with E-state index in [1.807, 2.05) is 0 Å². The molecule has 1 aromatic rings. The number of nitrogens with two attached hydrogens (primary N) is 1. The van der Waals surface area contributed by atoms with Gasteiger partial charge in [-0.3, -0.25) is 0 Å². The highest BCUT2D eigenvalue weighted by Crippen LogP contribution is 2.35. The number of rotatable bonds is 3. The van der Waals surface area contributed by atoms with Crippen molar-refractivity contribution in [2.45, 2.75) is 19.3 Å². The molecule has 0 unspecified atom stereocenters. The highest BCUT2D eigenvalue weighted by Gasteiger charge is 2.34. The second-order valence-electron chi connectivity index (χ2n) is 2.86. The fourth-order valence-electron chi connectivity index (χ4n) is 1.15. The van der Waals surface area contributed by atoms with Gasteiger partial charge in [0, 0.05) is 12.6 Å². The third-order valence-electron chi connectivity index (χ3n) is 1.71. The highest BCUT2D eigenvalue weighted by molar-refractivity contribution is 14.1. The summed E-state index contributed by atoms with van der Waals surface area (Å²) in [5.74, 6) is -0.965. The number of halogens is 6. The van der Waals surface area contributed by atoms with Gasteiger partial charge in [-0.05, 0) is 22.6 Å². The lowest BCUT2D eigenvalue weighted by atomic mass is 10.2. The van der Waals surface area contributed by atoms with Crippen molar-refractivity contribution < 1.29 is 26.7 Å². The largest absolute Gasteiger partial charge is 0.573 e. The Hall–Kier alpha value is -0.710. The SMILES string of the molecule is NCc1nc(I)cc(OC(F)(F)F)c1C(F)F. The first-order valence-electron chi connectivity index (χ1n) is 4.18. The summed E-state index contributed by atoms with van der Waals surface area (Å²) >= 11 is 1.59. The van der Waals surface area contributed by atoms with Gasteiger partial charge < -0.3 is 10.5 Å². The van der Waals surface area contributed by atoms with E-state index in [0.29, 0.717) is 0 Å². The summed E-state index contributed by atoms with van der Waals surface area (Å²) in [6.45, 7) is -0.398. The lowest BCUT2D eigenvalue weighted by molar-refractivity contribution is -0.275. The average Bonchev–Trinajstić information content (AvgIpc) is 2.12. The lowest BCUT2D eigenvalue weighted by Gasteiger charge is -2.15. The molecule has 0 aliphatic rings. The lowest BCUT2D eigenvalue weighted by Crippen LogP contribution is -2.20. The van der Waals surface area contributed by atoms with E-state index in [9.17, 15) is 22.0 Å². The summed E-state index contributed by atoms with van der Waals surface area (Å²) in [4.78, 5) is 3.64. The van der Waals surface area contributed by atoms with Crippen LogP contribution in [0.15, 0.2) is 6.07 Å². The zero-order valence-corrected chi connectivity index (χ0v) is 10.2. The van der Waals surface area contributed by atoms with Gasteiger partial charge in [-0.15, -0.1) is 13.2 Å². The van der Waals surface area contributed by atoms with E-state index in [0.717, 1.165) is 6.07 Å². The van der Waals surface area contributed by atoms with E-state index < -0.39 is 30.6 Å². The molecule has 0 bridgehead atoms. The second-order valence-corrected chi connectivity index (χ2v) is 3.96. The van der Waals surface area contributed by atoms with Crippen LogP contribution in [0.4, 0.5) is 22.0 Å². The fraction of sp³-hybridized carbons (Fsp3) is 0.375. The molecule has 9 heteroatoms. The number of ether oxygens (including phenoxy) is 1. The summed E-state index contributed by atoms with van der Waals surface area (Å²) in [5.41, 5.74) is 3.91. The molecule has 1 heterocycles. The van der Waals surface area contributed by atoms with E-state index in [1.54, 1.807) is 22.6 Å². The van der Waals surface area contributed by atoms with Gasteiger partial charge in [-0.2, -0.15) is 0 Å². The molecule has 3 nitrogen and oxygen atoms in total. The number of aromatic nitrogens is 1. The molecule has 96 valence electrons. The van der Waals surface area contributed by atoms with Gasteiger partial charge in [0.05, 0.1) is 11.3 Å². The summed E-state index contributed by atoms with van der Waals surface area (Å²) in [6.07, 6.45) is -8.18. The molecular weight excluding hydrogens is 362 g/mol. The van der Waals surface area contributed by atoms with E-state index in [1.165, 1.54) is 0 Å². The minimum atomic E-state index is -5.04. The first-order chi connectivity index (χ1) is 7.74. The average molecular weight is 368 g/mol. The van der Waals surface area contributed by atoms with Crippen molar-refractivity contribution in [2.75, 3.05) is 0 Å². The molecular formula is C8H6F5IN2O. The molecule has 0 radical (unpaired) electrons. The standard InChI is InChI=1S/C8H6F5IN2O/c9-7(10)6-3(2-15)16-5(14)1-4(6)17-8(11,12)13/h1,7H,2,15H2. The van der Waals surface area contributed by atoms with Crippen LogP contribution in [-0.4, -0.2) is 11.3 Å². The van der Waals surface area contributed by atoms with Gasteiger partial charge in [-0.25, -0.2) is 13.8 Å². The Labute approximate surface area is 106 Å². The van der Waals surface area contributed by atoms with Gasteiger partial charge in [0.15, 0.2) is 0 Å². The number of pyridine rings is 1. The van der Waals surface area contributed by atoms with Gasteiger partial charge in [0.2, 0.25) is 0 Å². The zero-order valence-electron chi connectivity index (χ0n) is 8.06. The van der Waals surface area contributed by atoms with Crippen molar-refractivity contribution in [1.82, 2.24) is 4.98 Å². The predicted molar refractivity (Wildman–Crippen MR) is 56.5 cm³/mol. The van der Waals surface area contributed by atoms with E-state index in [-0.39, 0.29) is 9.39 Å². The van der Waals surface area contributed by atoms with Crippen LogP contribution < -0.4 is 10.5 Å². The summed E-state index contributed by atoms with van der Waals surface area (Å²) in [5, 5.41) is 0. The summed E-state index contributed by atoms with van der Waals surface area (Å²) < 4.78 is 65.0. The molecule has 0 aromatic carbocycles. The Morgan fingerprint density at radius 2 is 2.00 bits per heavy atom. The first-order valence-corrected chi connectivity index (χ1v) is 5.25. The van der Waals surface area contributed by atoms with Crippen LogP contribution in [0.2, 0.25) is 0 Å². The number of hydrogen-bond donors (Lipinski definition) is 1. The van der Waals surface area contributed by atoms with Crippen LogP contribution in [0.5, 0.6) is 5.75 Å². The van der Waals surface area contributed by atoms with Crippen molar-refractivity contribution >= 4 is 22.6 Å². The van der Waals surface area contributed by atoms with Crippen LogP contribution in [-0.2, 0) is 6.54 Å². The minimum Gasteiger partial charge on any atom is -0.405 e. The van der Waals surface area contributed by atoms with E-state index in [2.05, 4.69) is 9.72 Å². The molecule has 2 N–H and O–H groups in total. The Morgan fingerprint density at radius 1 is 1.41 bits per heavy atom. The van der Waals surface area contributed by atoms with Gasteiger partial charge in [0.25, 0.3) is 6.43 Å². The normalized spacial score (nSPS) is 12.0. The quantitative estimate of drug-likeness (QED) is 0.507. The van der Waals surface area contributed by atoms with Crippen molar-refractivity contribution in [3.05, 3.63) is 21.0 Å². The van der Waals surface area contributed by atoms with Crippen LogP contribution in [0.25, 0.3) is 0 Å². The number of nitrogens with zero attached hydrogens (tertiary/aromatic N) is 1. The van der Waals surface area contributed by atoms with Crippen LogP contribution >= 0.6 is 22.6 Å². The third-order valence-corrected chi connectivity index (χ3v) is 2.26. The number of hydrogen-bond acceptors (Lipinski definition) is 3. The third kappa shape index (κ3) is 3.91. The summed E-state index contributed by atoms with van der Waals surface area (Å²) in [7, 11) is 0. The van der Waals surface area contributed by atoms with E-state index >= 15 is 0 Å². The minimum absolute atomic E-state index is 0.0895. The molecule has 1 rings (SSSR count). The Morgan fingerprint density at radius 3 is 2.41 bits per heavy atom. The van der Waals surface area contributed by atoms with Crippen LogP contribution in [0.3, 0.4) is 0 Å². The zero-order chi connectivity index (χ0) is 13.2. The molecule has 0 atom stereocenters. The maximum Gasteiger partial charge on any atom is 0.573 e. The second kappa shape index (κ2) is 5.29. The fourth-order valence-corrected chi connectivity index (χ4v) is 1.72. The summed E-state index contributed by atoms with van der Waals surface area (Å²) in [6, 6.07) is 0.786. The maximum absolute atomic E-state index is 12.6. The number of alkyl halides is 5. The first kappa shape index (κ1) is 14.4. The predicted octanol–water partition coefficient (Wildman–Crippen LogP) is 2.98. The highest BCUT2D eigenvalue weighted by atomic mass is 127. The smallest absolute Gasteiger partial charge is 0.405 e. The maximum atomic E-state index is 12.6. The van der Waals surface area contributed by atoms with Crippen LogP contribution in [0, 0.1) is 3.70 Å². The molecule has 0 amide bonds. The molecule has 17 heavy (non-hydrogen) atoms. The molecule has 0 saturated heterocycles. The van der Waals surface area contributed by atoms with Gasteiger partial charge in [-0.1, -0.05) is 0 Å². The Balaban J connectivity index is 3.30. The Bertz CT molecular complexity index is 410.